The highest BCUT2D eigenvalue weighted by atomic mass is 35.5. The van der Waals surface area contributed by atoms with Gasteiger partial charge in [-0.3, -0.25) is 4.79 Å². The first-order valence-corrected chi connectivity index (χ1v) is 3.49. The molecule has 0 heterocycles. The zero-order valence-electron chi connectivity index (χ0n) is 6.15. The summed E-state index contributed by atoms with van der Waals surface area (Å²) in [5.74, 6) is -0.410. The van der Waals surface area contributed by atoms with Gasteiger partial charge in [0, 0.05) is 5.71 Å². The molecule has 0 spiro atoms. The van der Waals surface area contributed by atoms with Crippen molar-refractivity contribution in [2.45, 2.75) is 6.92 Å². The molecule has 1 unspecified atom stereocenters. The number of hydrogen-bond donors (Lipinski definition) is 2. The number of nitrogens with one attached hydrogen (secondary N) is 1. The summed E-state index contributed by atoms with van der Waals surface area (Å²) in [7, 11) is 1.84. The zero-order valence-corrected chi connectivity index (χ0v) is 6.90. The Morgan fingerprint density at radius 3 is 2.40 bits per heavy atom. The summed E-state index contributed by atoms with van der Waals surface area (Å²) in [4.78, 5) is 10.6. The van der Waals surface area contributed by atoms with Gasteiger partial charge >= 0.3 is 0 Å². The molecule has 0 aromatic heterocycles. The second-order valence-corrected chi connectivity index (χ2v) is 2.56. The van der Waals surface area contributed by atoms with Crippen molar-refractivity contribution < 1.29 is 10.1 Å². The van der Waals surface area contributed by atoms with E-state index in [-0.39, 0.29) is 0 Å². The lowest BCUT2D eigenvalue weighted by molar-refractivity contribution is -0.628. The first-order chi connectivity index (χ1) is 4.59. The van der Waals surface area contributed by atoms with E-state index in [1.54, 1.807) is 6.92 Å². The topological polar surface area (TPSA) is 57.5 Å². The first-order valence-electron chi connectivity index (χ1n) is 3.11. The summed E-state index contributed by atoms with van der Waals surface area (Å²) in [5.41, 5.74) is 0.332. The molecule has 3 N–H and O–H groups in total. The van der Waals surface area contributed by atoms with Crippen LogP contribution in [0.2, 0.25) is 0 Å². The minimum absolute atomic E-state index is 0.332. The standard InChI is InChI=1S/C6H11ClN2O/c1-4(8)5(3-9-2)6(7)10/h5,8-9H,3H2,1-2H3/p+1. The van der Waals surface area contributed by atoms with Gasteiger partial charge in [-0.05, 0) is 18.5 Å². The Bertz CT molecular complexity index is 133. The van der Waals surface area contributed by atoms with Gasteiger partial charge in [0.25, 0.3) is 0 Å². The van der Waals surface area contributed by atoms with E-state index >= 15 is 0 Å². The predicted molar refractivity (Wildman–Crippen MR) is 40.5 cm³/mol. The SMILES string of the molecule is C[NH2+]CC(C(C)=N)C(=O)Cl. The van der Waals surface area contributed by atoms with Gasteiger partial charge in [-0.15, -0.1) is 0 Å². The predicted octanol–water partition coefficient (Wildman–Crippen LogP) is -0.399. The number of nitrogens with two attached hydrogens (primary N) is 1. The number of carbonyl (C=O) groups excluding carboxylic acids is 1. The molecule has 0 radical (unpaired) electrons. The third-order valence-corrected chi connectivity index (χ3v) is 1.53. The number of hydrogen-bond acceptors (Lipinski definition) is 2. The molecule has 0 amide bonds. The molecule has 0 aromatic rings. The van der Waals surface area contributed by atoms with Gasteiger partial charge in [-0.2, -0.15) is 0 Å². The third-order valence-electron chi connectivity index (χ3n) is 1.27. The number of quaternary nitrogens is 1. The Morgan fingerprint density at radius 1 is 1.80 bits per heavy atom. The van der Waals surface area contributed by atoms with Gasteiger partial charge in [0.05, 0.1) is 13.6 Å². The lowest BCUT2D eigenvalue weighted by atomic mass is 10.1. The third kappa shape index (κ3) is 2.94. The zero-order chi connectivity index (χ0) is 8.15. The van der Waals surface area contributed by atoms with E-state index in [0.29, 0.717) is 12.3 Å². The molecule has 0 aromatic carbocycles. The Kier molecular flexibility index (Phi) is 4.23. The highest BCUT2D eigenvalue weighted by Crippen LogP contribution is 2.00. The quantitative estimate of drug-likeness (QED) is 0.430. The molecule has 0 saturated carbocycles. The second-order valence-electron chi connectivity index (χ2n) is 2.18. The van der Waals surface area contributed by atoms with Gasteiger partial charge in [0.1, 0.15) is 5.92 Å². The molecule has 10 heavy (non-hydrogen) atoms. The lowest BCUT2D eigenvalue weighted by Crippen LogP contribution is -2.82. The van der Waals surface area contributed by atoms with Gasteiger partial charge in [-0.25, -0.2) is 0 Å². The second kappa shape index (κ2) is 4.41. The van der Waals surface area contributed by atoms with Crippen molar-refractivity contribution in [3.05, 3.63) is 0 Å². The van der Waals surface area contributed by atoms with Crippen LogP contribution in [0.15, 0.2) is 0 Å². The van der Waals surface area contributed by atoms with Crippen LogP contribution in [0.1, 0.15) is 6.92 Å². The highest BCUT2D eigenvalue weighted by Gasteiger charge is 2.19. The molecular weight excluding hydrogens is 152 g/mol. The molecule has 0 fully saturated rings. The molecule has 0 bridgehead atoms. The van der Waals surface area contributed by atoms with Crippen molar-refractivity contribution in [2.75, 3.05) is 13.6 Å². The molecule has 3 nitrogen and oxygen atoms in total. The average Bonchev–Trinajstić information content (AvgIpc) is 1.81. The highest BCUT2D eigenvalue weighted by molar-refractivity contribution is 6.65. The maximum absolute atomic E-state index is 10.6. The fourth-order valence-corrected chi connectivity index (χ4v) is 0.928. The molecule has 0 rings (SSSR count). The van der Waals surface area contributed by atoms with Crippen molar-refractivity contribution in [2.24, 2.45) is 5.92 Å². The number of carbonyl (C=O) groups is 1. The normalized spacial score (nSPS) is 12.7. The van der Waals surface area contributed by atoms with Crippen LogP contribution in [-0.2, 0) is 4.79 Å². The molecule has 58 valence electrons. The first kappa shape index (κ1) is 9.59. The van der Waals surface area contributed by atoms with Crippen molar-refractivity contribution >= 4 is 22.6 Å². The minimum Gasteiger partial charge on any atom is -0.348 e. The van der Waals surface area contributed by atoms with Gasteiger partial charge < -0.3 is 10.7 Å². The van der Waals surface area contributed by atoms with Crippen molar-refractivity contribution in [1.82, 2.24) is 0 Å². The number of rotatable bonds is 4. The van der Waals surface area contributed by atoms with E-state index in [0.717, 1.165) is 0 Å². The van der Waals surface area contributed by atoms with Gasteiger partial charge in [0.2, 0.25) is 5.24 Å². The minimum atomic E-state index is -0.439. The Labute approximate surface area is 65.3 Å². The fourth-order valence-electron chi connectivity index (χ4n) is 0.675. The van der Waals surface area contributed by atoms with Crippen LogP contribution in [0.25, 0.3) is 0 Å². The van der Waals surface area contributed by atoms with E-state index in [1.165, 1.54) is 0 Å². The van der Waals surface area contributed by atoms with Crippen molar-refractivity contribution in [1.29, 1.82) is 5.41 Å². The molecule has 0 saturated heterocycles. The average molecular weight is 164 g/mol. The number of halogens is 1. The molecule has 0 aliphatic rings. The van der Waals surface area contributed by atoms with Crippen LogP contribution >= 0.6 is 11.6 Å². The van der Waals surface area contributed by atoms with Gasteiger partial charge in [-0.1, -0.05) is 0 Å². The summed E-state index contributed by atoms with van der Waals surface area (Å²) in [6.45, 7) is 2.16. The van der Waals surface area contributed by atoms with Crippen molar-refractivity contribution in [3.8, 4) is 0 Å². The van der Waals surface area contributed by atoms with Crippen LogP contribution in [0, 0.1) is 11.3 Å². The monoisotopic (exact) mass is 163 g/mol. The van der Waals surface area contributed by atoms with Crippen LogP contribution in [0.5, 0.6) is 0 Å². The fraction of sp³-hybridized carbons (Fsp3) is 0.667. The van der Waals surface area contributed by atoms with E-state index in [2.05, 4.69) is 0 Å². The lowest BCUT2D eigenvalue weighted by Gasteiger charge is -2.06. The van der Waals surface area contributed by atoms with E-state index in [1.807, 2.05) is 12.4 Å². The van der Waals surface area contributed by atoms with Gasteiger partial charge in [0.15, 0.2) is 0 Å². The maximum Gasteiger partial charge on any atom is 0.236 e. The molecule has 4 heteroatoms. The molecule has 0 aliphatic heterocycles. The van der Waals surface area contributed by atoms with Crippen LogP contribution < -0.4 is 5.32 Å². The summed E-state index contributed by atoms with van der Waals surface area (Å²) in [6.07, 6.45) is 0. The van der Waals surface area contributed by atoms with E-state index in [4.69, 9.17) is 17.0 Å². The largest absolute Gasteiger partial charge is 0.348 e. The molecule has 0 aliphatic carbocycles. The Balaban J connectivity index is 3.98. The summed E-state index contributed by atoms with van der Waals surface area (Å²) >= 11 is 5.22. The van der Waals surface area contributed by atoms with Crippen LogP contribution in [-0.4, -0.2) is 24.5 Å². The van der Waals surface area contributed by atoms with E-state index in [9.17, 15) is 4.79 Å². The van der Waals surface area contributed by atoms with E-state index < -0.39 is 11.2 Å². The van der Waals surface area contributed by atoms with Crippen LogP contribution in [0.4, 0.5) is 0 Å². The summed E-state index contributed by atoms with van der Waals surface area (Å²) in [5, 5.41) is 8.56. The summed E-state index contributed by atoms with van der Waals surface area (Å²) < 4.78 is 0. The Morgan fingerprint density at radius 2 is 2.30 bits per heavy atom. The smallest absolute Gasteiger partial charge is 0.236 e. The van der Waals surface area contributed by atoms with Crippen LogP contribution in [0.3, 0.4) is 0 Å². The Hall–Kier alpha value is -0.410. The maximum atomic E-state index is 10.6. The molecule has 1 atom stereocenters. The van der Waals surface area contributed by atoms with Crippen molar-refractivity contribution in [3.63, 3.8) is 0 Å². The molecular formula is C6H12ClN2O+. The summed E-state index contributed by atoms with van der Waals surface area (Å²) in [6, 6.07) is 0.